The van der Waals surface area contributed by atoms with Gasteiger partial charge >= 0.3 is 0 Å². The molecular formula is C12H13BrN2O2. The lowest BCUT2D eigenvalue weighted by atomic mass is 10.1. The van der Waals surface area contributed by atoms with E-state index in [1.165, 1.54) is 0 Å². The lowest BCUT2D eigenvalue weighted by Gasteiger charge is -2.07. The zero-order chi connectivity index (χ0) is 12.4. The molecule has 1 N–H and O–H groups in total. The quantitative estimate of drug-likeness (QED) is 0.946. The van der Waals surface area contributed by atoms with Crippen LogP contribution in [-0.2, 0) is 0 Å². The molecule has 2 unspecified atom stereocenters. The van der Waals surface area contributed by atoms with Crippen LogP contribution in [0.15, 0.2) is 33.3 Å². The first kappa shape index (κ1) is 12.3. The number of nitrogens with zero attached hydrogens (tertiary/aromatic N) is 2. The molecule has 0 amide bonds. The normalized spacial score (nSPS) is 14.6. The molecule has 2 atom stereocenters. The molecule has 0 aliphatic heterocycles. The summed E-state index contributed by atoms with van der Waals surface area (Å²) in [4.78, 5) is 4.28. The van der Waals surface area contributed by atoms with Crippen LogP contribution in [0.3, 0.4) is 0 Å². The molecule has 0 aliphatic carbocycles. The van der Waals surface area contributed by atoms with Crippen LogP contribution in [-0.4, -0.2) is 21.4 Å². The minimum Gasteiger partial charge on any atom is -0.393 e. The molecule has 0 spiro atoms. The van der Waals surface area contributed by atoms with Crippen LogP contribution in [0.5, 0.6) is 0 Å². The number of aliphatic hydroxyl groups excluding tert-OH is 1. The van der Waals surface area contributed by atoms with E-state index in [1.54, 1.807) is 6.92 Å². The second kappa shape index (κ2) is 4.98. The first-order chi connectivity index (χ1) is 8.08. The Bertz CT molecular complexity index is 493. The molecule has 0 fully saturated rings. The lowest BCUT2D eigenvalue weighted by molar-refractivity contribution is 0.151. The van der Waals surface area contributed by atoms with E-state index in [4.69, 9.17) is 4.52 Å². The Morgan fingerprint density at radius 3 is 2.47 bits per heavy atom. The van der Waals surface area contributed by atoms with E-state index in [-0.39, 0.29) is 5.92 Å². The van der Waals surface area contributed by atoms with Gasteiger partial charge in [-0.15, -0.1) is 0 Å². The van der Waals surface area contributed by atoms with Crippen molar-refractivity contribution in [2.45, 2.75) is 25.9 Å². The van der Waals surface area contributed by atoms with Gasteiger partial charge in [0.05, 0.1) is 12.0 Å². The Balaban J connectivity index is 2.26. The fourth-order valence-corrected chi connectivity index (χ4v) is 1.61. The smallest absolute Gasteiger partial charge is 0.232 e. The van der Waals surface area contributed by atoms with Crippen LogP contribution in [0.4, 0.5) is 0 Å². The minimum absolute atomic E-state index is 0.160. The molecule has 90 valence electrons. The molecule has 0 radical (unpaired) electrons. The van der Waals surface area contributed by atoms with Gasteiger partial charge in [0.2, 0.25) is 11.7 Å². The fourth-order valence-electron chi connectivity index (χ4n) is 1.34. The van der Waals surface area contributed by atoms with E-state index >= 15 is 0 Å². The third-order valence-corrected chi connectivity index (χ3v) is 3.19. The minimum atomic E-state index is -0.506. The highest BCUT2D eigenvalue weighted by Crippen LogP contribution is 2.22. The van der Waals surface area contributed by atoms with Crippen molar-refractivity contribution in [2.24, 2.45) is 0 Å². The number of rotatable bonds is 3. The predicted molar refractivity (Wildman–Crippen MR) is 67.5 cm³/mol. The van der Waals surface area contributed by atoms with E-state index in [0.29, 0.717) is 11.7 Å². The second-order valence-electron chi connectivity index (χ2n) is 3.99. The topological polar surface area (TPSA) is 59.2 Å². The van der Waals surface area contributed by atoms with E-state index in [1.807, 2.05) is 31.2 Å². The standard InChI is InChI=1S/C12H13BrN2O2/c1-7(8(2)16)12-14-11(15-17-12)9-3-5-10(13)6-4-9/h3-8,16H,1-2H3. The van der Waals surface area contributed by atoms with Crippen LogP contribution in [0, 0.1) is 0 Å². The second-order valence-corrected chi connectivity index (χ2v) is 4.91. The molecule has 1 aromatic carbocycles. The summed E-state index contributed by atoms with van der Waals surface area (Å²) in [5, 5.41) is 13.4. The van der Waals surface area contributed by atoms with E-state index in [0.717, 1.165) is 10.0 Å². The van der Waals surface area contributed by atoms with Crippen molar-refractivity contribution in [2.75, 3.05) is 0 Å². The largest absolute Gasteiger partial charge is 0.393 e. The summed E-state index contributed by atoms with van der Waals surface area (Å²) in [6, 6.07) is 7.66. The zero-order valence-electron chi connectivity index (χ0n) is 9.59. The number of hydrogen-bond donors (Lipinski definition) is 1. The molecular weight excluding hydrogens is 284 g/mol. The van der Waals surface area contributed by atoms with Gasteiger partial charge in [-0.25, -0.2) is 0 Å². The Morgan fingerprint density at radius 1 is 1.24 bits per heavy atom. The van der Waals surface area contributed by atoms with Crippen LogP contribution in [0.1, 0.15) is 25.7 Å². The average molecular weight is 297 g/mol. The van der Waals surface area contributed by atoms with Crippen molar-refractivity contribution in [3.63, 3.8) is 0 Å². The SMILES string of the molecule is CC(O)C(C)c1nc(-c2ccc(Br)cc2)no1. The molecule has 0 saturated heterocycles. The summed E-state index contributed by atoms with van der Waals surface area (Å²) in [5.41, 5.74) is 0.890. The van der Waals surface area contributed by atoms with Crippen molar-refractivity contribution in [3.05, 3.63) is 34.6 Å². The highest BCUT2D eigenvalue weighted by molar-refractivity contribution is 9.10. The highest BCUT2D eigenvalue weighted by atomic mass is 79.9. The average Bonchev–Trinajstić information content (AvgIpc) is 2.78. The van der Waals surface area contributed by atoms with Crippen molar-refractivity contribution >= 4 is 15.9 Å². The van der Waals surface area contributed by atoms with Gasteiger partial charge < -0.3 is 9.63 Å². The van der Waals surface area contributed by atoms with Gasteiger partial charge in [0.25, 0.3) is 0 Å². The summed E-state index contributed by atoms with van der Waals surface area (Å²) >= 11 is 3.37. The third kappa shape index (κ3) is 2.73. The van der Waals surface area contributed by atoms with Crippen LogP contribution < -0.4 is 0 Å². The summed E-state index contributed by atoms with van der Waals surface area (Å²) in [6.07, 6.45) is -0.506. The Morgan fingerprint density at radius 2 is 1.88 bits per heavy atom. The van der Waals surface area contributed by atoms with Crippen LogP contribution >= 0.6 is 15.9 Å². The van der Waals surface area contributed by atoms with Gasteiger partial charge in [0.1, 0.15) is 0 Å². The van der Waals surface area contributed by atoms with Gasteiger partial charge in [-0.2, -0.15) is 4.98 Å². The number of aromatic nitrogens is 2. The summed E-state index contributed by atoms with van der Waals surface area (Å²) < 4.78 is 6.14. The predicted octanol–water partition coefficient (Wildman–Crippen LogP) is 2.98. The third-order valence-electron chi connectivity index (χ3n) is 2.66. The number of aliphatic hydroxyl groups is 1. The van der Waals surface area contributed by atoms with Gasteiger partial charge in [0, 0.05) is 10.0 Å². The summed E-state index contributed by atoms with van der Waals surface area (Å²) in [6.45, 7) is 3.55. The maximum atomic E-state index is 9.46. The maximum Gasteiger partial charge on any atom is 0.232 e. The van der Waals surface area contributed by atoms with Crippen molar-refractivity contribution in [1.29, 1.82) is 0 Å². The number of benzene rings is 1. The maximum absolute atomic E-state index is 9.46. The van der Waals surface area contributed by atoms with E-state index in [9.17, 15) is 5.11 Å². The summed E-state index contributed by atoms with van der Waals surface area (Å²) in [7, 11) is 0. The zero-order valence-corrected chi connectivity index (χ0v) is 11.2. The van der Waals surface area contributed by atoms with E-state index in [2.05, 4.69) is 26.1 Å². The number of hydrogen-bond acceptors (Lipinski definition) is 4. The molecule has 17 heavy (non-hydrogen) atoms. The van der Waals surface area contributed by atoms with Crippen LogP contribution in [0.25, 0.3) is 11.4 Å². The molecule has 0 saturated carbocycles. The molecule has 0 aliphatic rings. The molecule has 2 aromatic rings. The van der Waals surface area contributed by atoms with Crippen LogP contribution in [0.2, 0.25) is 0 Å². The van der Waals surface area contributed by atoms with Gasteiger partial charge in [-0.05, 0) is 31.2 Å². The highest BCUT2D eigenvalue weighted by Gasteiger charge is 2.19. The van der Waals surface area contributed by atoms with Gasteiger partial charge in [0.15, 0.2) is 0 Å². The van der Waals surface area contributed by atoms with Crippen molar-refractivity contribution < 1.29 is 9.63 Å². The Labute approximate surface area is 108 Å². The molecule has 1 aromatic heterocycles. The lowest BCUT2D eigenvalue weighted by Crippen LogP contribution is -2.11. The van der Waals surface area contributed by atoms with Crippen molar-refractivity contribution in [1.82, 2.24) is 10.1 Å². The molecule has 5 heteroatoms. The molecule has 1 heterocycles. The monoisotopic (exact) mass is 296 g/mol. The molecule has 2 rings (SSSR count). The molecule has 0 bridgehead atoms. The Hall–Kier alpha value is -1.20. The molecule has 4 nitrogen and oxygen atoms in total. The first-order valence-corrected chi connectivity index (χ1v) is 6.15. The fraction of sp³-hybridized carbons (Fsp3) is 0.333. The Kier molecular flexibility index (Phi) is 3.59. The van der Waals surface area contributed by atoms with Gasteiger partial charge in [-0.1, -0.05) is 28.0 Å². The first-order valence-electron chi connectivity index (χ1n) is 5.35. The van der Waals surface area contributed by atoms with Gasteiger partial charge in [-0.3, -0.25) is 0 Å². The van der Waals surface area contributed by atoms with Crippen molar-refractivity contribution in [3.8, 4) is 11.4 Å². The summed E-state index contributed by atoms with van der Waals surface area (Å²) in [5.74, 6) is 0.838. The number of halogens is 1. The van der Waals surface area contributed by atoms with E-state index < -0.39 is 6.10 Å².